The molecule has 1 unspecified atom stereocenters. The number of carbonyl (C=O) groups excluding carboxylic acids is 3. The average molecular weight is 424 g/mol. The van der Waals surface area contributed by atoms with Crippen molar-refractivity contribution in [3.05, 3.63) is 23.8 Å². The van der Waals surface area contributed by atoms with Crippen LogP contribution in [0, 0.1) is 11.3 Å². The summed E-state index contributed by atoms with van der Waals surface area (Å²) in [6, 6.07) is 4.58. The van der Waals surface area contributed by atoms with E-state index < -0.39 is 12.1 Å². The minimum atomic E-state index is -0.550. The van der Waals surface area contributed by atoms with Gasteiger partial charge in [-0.1, -0.05) is 20.8 Å². The van der Waals surface area contributed by atoms with Crippen LogP contribution >= 0.6 is 12.4 Å². The molecular weight excluding hydrogens is 394 g/mol. The second-order valence-corrected chi connectivity index (χ2v) is 8.77. The van der Waals surface area contributed by atoms with Gasteiger partial charge in [-0.15, -0.1) is 12.4 Å². The summed E-state index contributed by atoms with van der Waals surface area (Å²) in [5.41, 5.74) is 6.87. The first-order chi connectivity index (χ1) is 13.1. The number of fused-ring (bicyclic) bond motifs is 1. The summed E-state index contributed by atoms with van der Waals surface area (Å²) in [5, 5.41) is 2.77. The van der Waals surface area contributed by atoms with Crippen molar-refractivity contribution in [1.82, 2.24) is 4.90 Å². The van der Waals surface area contributed by atoms with E-state index in [-0.39, 0.29) is 41.3 Å². The number of hydrogen-bond acceptors (Lipinski definition) is 5. The molecule has 2 aliphatic rings. The highest BCUT2D eigenvalue weighted by atomic mass is 35.5. The molecule has 3 rings (SSSR count). The van der Waals surface area contributed by atoms with E-state index in [1.807, 2.05) is 20.8 Å². The van der Waals surface area contributed by atoms with E-state index in [1.54, 1.807) is 30.0 Å². The van der Waals surface area contributed by atoms with Crippen molar-refractivity contribution in [2.24, 2.45) is 17.1 Å². The van der Waals surface area contributed by atoms with Crippen molar-refractivity contribution in [3.8, 4) is 5.75 Å². The molecule has 8 heteroatoms. The Kier molecular flexibility index (Phi) is 6.96. The number of amides is 2. The Labute approximate surface area is 177 Å². The number of ether oxygens (including phenoxy) is 1. The molecule has 0 aliphatic carbocycles. The number of ketones is 1. The Morgan fingerprint density at radius 1 is 1.24 bits per heavy atom. The Balaban J connectivity index is 0.00000300. The third kappa shape index (κ3) is 4.90. The lowest BCUT2D eigenvalue weighted by atomic mass is 9.85. The fraction of sp³-hybridized carbons (Fsp3) is 0.571. The number of piperidine rings is 1. The van der Waals surface area contributed by atoms with Crippen molar-refractivity contribution < 1.29 is 19.1 Å². The molecule has 1 aromatic carbocycles. The highest BCUT2D eigenvalue weighted by molar-refractivity contribution is 6.02. The number of anilines is 1. The average Bonchev–Trinajstić information content (AvgIpc) is 2.66. The molecule has 0 radical (unpaired) electrons. The highest BCUT2D eigenvalue weighted by Crippen LogP contribution is 2.32. The first-order valence-electron chi connectivity index (χ1n) is 9.78. The number of nitrogens with one attached hydrogen (secondary N) is 1. The van der Waals surface area contributed by atoms with Crippen LogP contribution in [0.1, 0.15) is 50.9 Å². The summed E-state index contributed by atoms with van der Waals surface area (Å²) in [6.45, 7) is 8.59. The van der Waals surface area contributed by atoms with Crippen LogP contribution in [0.5, 0.6) is 5.75 Å². The van der Waals surface area contributed by atoms with Gasteiger partial charge < -0.3 is 20.7 Å². The fourth-order valence-corrected chi connectivity index (χ4v) is 3.53. The Morgan fingerprint density at radius 3 is 2.45 bits per heavy atom. The second-order valence-electron chi connectivity index (χ2n) is 8.77. The van der Waals surface area contributed by atoms with Gasteiger partial charge in [-0.05, 0) is 43.4 Å². The normalized spacial score (nSPS) is 20.7. The zero-order valence-electron chi connectivity index (χ0n) is 17.4. The van der Waals surface area contributed by atoms with E-state index in [2.05, 4.69) is 5.32 Å². The van der Waals surface area contributed by atoms with Crippen LogP contribution in [0.3, 0.4) is 0 Å². The third-order valence-electron chi connectivity index (χ3n) is 5.57. The molecule has 7 nitrogen and oxygen atoms in total. The number of halogens is 1. The number of benzene rings is 1. The van der Waals surface area contributed by atoms with Crippen LogP contribution < -0.4 is 15.8 Å². The van der Waals surface area contributed by atoms with Gasteiger partial charge in [0.1, 0.15) is 5.75 Å². The van der Waals surface area contributed by atoms with Gasteiger partial charge in [0.15, 0.2) is 11.9 Å². The lowest BCUT2D eigenvalue weighted by Crippen LogP contribution is -2.52. The molecule has 3 N–H and O–H groups in total. The summed E-state index contributed by atoms with van der Waals surface area (Å²) in [5.74, 6) is 0.176. The van der Waals surface area contributed by atoms with Gasteiger partial charge in [0, 0.05) is 24.6 Å². The molecule has 1 aromatic rings. The number of hydrogen-bond donors (Lipinski definition) is 2. The molecule has 1 fully saturated rings. The summed E-state index contributed by atoms with van der Waals surface area (Å²) in [4.78, 5) is 39.1. The predicted molar refractivity (Wildman–Crippen MR) is 113 cm³/mol. The lowest BCUT2D eigenvalue weighted by Gasteiger charge is -2.36. The minimum absolute atomic E-state index is 0. The Hall–Kier alpha value is -2.12. The molecule has 2 atom stereocenters. The smallest absolute Gasteiger partial charge is 0.265 e. The molecule has 1 saturated heterocycles. The standard InChI is InChI=1S/C21H29N3O4.ClH/c1-12-19(26)23-15-11-14(5-6-16(15)28-12)17(25)13-7-9-24(10-8-13)20(27)18(22)21(2,3)4;/h5-6,11-13,18H,7-10,22H2,1-4H3,(H,23,26);1H/t12?,18-;/m1./s1. The molecule has 2 amide bonds. The topological polar surface area (TPSA) is 102 Å². The summed E-state index contributed by atoms with van der Waals surface area (Å²) in [6.07, 6.45) is 0.673. The van der Waals surface area contributed by atoms with Gasteiger partial charge in [0.25, 0.3) is 5.91 Å². The van der Waals surface area contributed by atoms with Gasteiger partial charge in [-0.25, -0.2) is 0 Å². The van der Waals surface area contributed by atoms with Crippen molar-refractivity contribution in [3.63, 3.8) is 0 Å². The molecule has 0 saturated carbocycles. The number of rotatable bonds is 3. The van der Waals surface area contributed by atoms with Gasteiger partial charge in [0.2, 0.25) is 5.91 Å². The summed E-state index contributed by atoms with van der Waals surface area (Å²) in [7, 11) is 0. The van der Waals surface area contributed by atoms with E-state index in [1.165, 1.54) is 0 Å². The molecule has 160 valence electrons. The molecule has 2 aliphatic heterocycles. The summed E-state index contributed by atoms with van der Waals surface area (Å²) < 4.78 is 5.54. The zero-order chi connectivity index (χ0) is 20.6. The van der Waals surface area contributed by atoms with E-state index in [0.29, 0.717) is 42.9 Å². The van der Waals surface area contributed by atoms with Gasteiger partial charge in [-0.2, -0.15) is 0 Å². The van der Waals surface area contributed by atoms with Gasteiger partial charge in [-0.3, -0.25) is 14.4 Å². The maximum absolute atomic E-state index is 12.9. The van der Waals surface area contributed by atoms with Crippen LogP contribution in [0.4, 0.5) is 5.69 Å². The van der Waals surface area contributed by atoms with Crippen LogP contribution in [0.15, 0.2) is 18.2 Å². The second kappa shape index (κ2) is 8.71. The quantitative estimate of drug-likeness (QED) is 0.727. The first kappa shape index (κ1) is 23.2. The number of nitrogens with zero attached hydrogens (tertiary/aromatic N) is 1. The highest BCUT2D eigenvalue weighted by Gasteiger charge is 2.34. The van der Waals surface area contributed by atoms with Crippen molar-refractivity contribution in [2.45, 2.75) is 52.7 Å². The van der Waals surface area contributed by atoms with Crippen LogP contribution in [0.2, 0.25) is 0 Å². The number of carbonyl (C=O) groups is 3. The monoisotopic (exact) mass is 423 g/mol. The van der Waals surface area contributed by atoms with Gasteiger partial charge >= 0.3 is 0 Å². The van der Waals surface area contributed by atoms with Crippen molar-refractivity contribution in [1.29, 1.82) is 0 Å². The number of nitrogens with two attached hydrogens (primary N) is 1. The Morgan fingerprint density at radius 2 is 1.86 bits per heavy atom. The van der Waals surface area contributed by atoms with Crippen molar-refractivity contribution in [2.75, 3.05) is 18.4 Å². The van der Waals surface area contributed by atoms with Crippen LogP contribution in [-0.2, 0) is 9.59 Å². The largest absolute Gasteiger partial charge is 0.479 e. The van der Waals surface area contributed by atoms with E-state index in [9.17, 15) is 14.4 Å². The van der Waals surface area contributed by atoms with E-state index in [4.69, 9.17) is 10.5 Å². The predicted octanol–water partition coefficient (Wildman–Crippen LogP) is 2.62. The Bertz CT molecular complexity index is 798. The molecule has 0 spiro atoms. The third-order valence-corrected chi connectivity index (χ3v) is 5.57. The molecule has 29 heavy (non-hydrogen) atoms. The molecule has 2 heterocycles. The number of likely N-dealkylation sites (tertiary alicyclic amines) is 1. The fourth-order valence-electron chi connectivity index (χ4n) is 3.53. The van der Waals surface area contributed by atoms with Crippen LogP contribution in [0.25, 0.3) is 0 Å². The van der Waals surface area contributed by atoms with Gasteiger partial charge in [0.05, 0.1) is 11.7 Å². The molecular formula is C21H30ClN3O4. The summed E-state index contributed by atoms with van der Waals surface area (Å²) >= 11 is 0. The molecule has 0 aromatic heterocycles. The minimum Gasteiger partial charge on any atom is -0.479 e. The molecule has 0 bridgehead atoms. The maximum atomic E-state index is 12.9. The lowest BCUT2D eigenvalue weighted by molar-refractivity contribution is -0.136. The van der Waals surface area contributed by atoms with E-state index >= 15 is 0 Å². The number of Topliss-reactive ketones (excluding diaryl/α,β-unsaturated/α-hetero) is 1. The zero-order valence-corrected chi connectivity index (χ0v) is 18.2. The van der Waals surface area contributed by atoms with Crippen LogP contribution in [-0.4, -0.2) is 47.7 Å². The maximum Gasteiger partial charge on any atom is 0.265 e. The van der Waals surface area contributed by atoms with Crippen molar-refractivity contribution >= 4 is 35.7 Å². The first-order valence-corrected chi connectivity index (χ1v) is 9.78. The SMILES string of the molecule is CC1Oc2ccc(C(=O)C3CCN(C(=O)[C@@H](N)C(C)(C)C)CC3)cc2NC1=O.Cl. The van der Waals surface area contributed by atoms with E-state index in [0.717, 1.165) is 0 Å².